The number of carbonyl (C=O) groups is 2. The number of amides is 2. The lowest BCUT2D eigenvalue weighted by atomic mass is 10.0. The van der Waals surface area contributed by atoms with Crippen LogP contribution in [-0.4, -0.2) is 55.2 Å². The van der Waals surface area contributed by atoms with Gasteiger partial charge in [-0.15, -0.1) is 0 Å². The number of ether oxygens (including phenoxy) is 2. The van der Waals surface area contributed by atoms with Crippen molar-refractivity contribution in [1.29, 1.82) is 0 Å². The summed E-state index contributed by atoms with van der Waals surface area (Å²) in [5.74, 6) is 0.283. The highest BCUT2D eigenvalue weighted by Crippen LogP contribution is 2.24. The minimum absolute atomic E-state index is 0.0377. The zero-order valence-corrected chi connectivity index (χ0v) is 15.2. The van der Waals surface area contributed by atoms with Crippen LogP contribution in [0.2, 0.25) is 0 Å². The van der Waals surface area contributed by atoms with E-state index in [0.717, 1.165) is 0 Å². The molecule has 2 aromatic rings. The van der Waals surface area contributed by atoms with Crippen LogP contribution in [0.15, 0.2) is 48.5 Å². The molecule has 0 radical (unpaired) electrons. The number of hydrogen-bond acceptors (Lipinski definition) is 5. The van der Waals surface area contributed by atoms with Crippen LogP contribution in [0.3, 0.4) is 0 Å². The van der Waals surface area contributed by atoms with Gasteiger partial charge in [0.25, 0.3) is 5.91 Å². The third kappa shape index (κ3) is 4.27. The molecule has 2 N–H and O–H groups in total. The van der Waals surface area contributed by atoms with Crippen molar-refractivity contribution in [2.75, 3.05) is 32.7 Å². The van der Waals surface area contributed by atoms with Crippen LogP contribution in [0.25, 0.3) is 0 Å². The number of aliphatic hydroxyl groups excluding tert-OH is 1. The minimum Gasteiger partial charge on any atom is -0.497 e. The Bertz CT molecular complexity index is 804. The average Bonchev–Trinajstić information content (AvgIpc) is 2.70. The van der Waals surface area contributed by atoms with Gasteiger partial charge in [-0.1, -0.05) is 12.1 Å². The maximum Gasteiger partial charge on any atom is 0.255 e. The highest BCUT2D eigenvalue weighted by atomic mass is 16.5. The second-order valence-corrected chi connectivity index (χ2v) is 6.34. The Morgan fingerprint density at radius 2 is 1.89 bits per heavy atom. The molecule has 1 saturated heterocycles. The Morgan fingerprint density at radius 3 is 2.52 bits per heavy atom. The fourth-order valence-electron chi connectivity index (χ4n) is 2.90. The van der Waals surface area contributed by atoms with Gasteiger partial charge in [0.1, 0.15) is 18.5 Å². The largest absolute Gasteiger partial charge is 0.497 e. The second-order valence-electron chi connectivity index (χ2n) is 6.34. The highest BCUT2D eigenvalue weighted by Gasteiger charge is 2.32. The van der Waals surface area contributed by atoms with Gasteiger partial charge >= 0.3 is 0 Å². The summed E-state index contributed by atoms with van der Waals surface area (Å²) in [6.45, 7) is 0.315. The first-order valence-electron chi connectivity index (χ1n) is 8.56. The van der Waals surface area contributed by atoms with Crippen molar-refractivity contribution in [3.63, 3.8) is 0 Å². The number of nitrogens with one attached hydrogen (secondary N) is 1. The van der Waals surface area contributed by atoms with Gasteiger partial charge in [0.15, 0.2) is 0 Å². The van der Waals surface area contributed by atoms with Crippen LogP contribution in [0, 0.1) is 0 Å². The quantitative estimate of drug-likeness (QED) is 0.839. The van der Waals surface area contributed by atoms with Crippen molar-refractivity contribution < 1.29 is 24.2 Å². The van der Waals surface area contributed by atoms with E-state index in [2.05, 4.69) is 5.32 Å². The first kappa shape index (κ1) is 18.9. The molecular weight excluding hydrogens is 348 g/mol. The van der Waals surface area contributed by atoms with Gasteiger partial charge in [-0.25, -0.2) is 0 Å². The molecule has 0 spiro atoms. The molecule has 1 aliphatic heterocycles. The molecule has 0 aromatic heterocycles. The fraction of sp³-hybridized carbons (Fsp3) is 0.300. The first-order valence-corrected chi connectivity index (χ1v) is 8.56. The minimum atomic E-state index is -0.870. The van der Waals surface area contributed by atoms with E-state index in [1.54, 1.807) is 62.7 Å². The number of anilines is 1. The Balaban J connectivity index is 1.65. The van der Waals surface area contributed by atoms with Gasteiger partial charge in [-0.05, 0) is 42.0 Å². The predicted molar refractivity (Wildman–Crippen MR) is 99.7 cm³/mol. The van der Waals surface area contributed by atoms with E-state index >= 15 is 0 Å². The molecule has 7 nitrogen and oxygen atoms in total. The molecule has 0 aliphatic carbocycles. The Kier molecular flexibility index (Phi) is 5.73. The van der Waals surface area contributed by atoms with Crippen molar-refractivity contribution in [2.24, 2.45) is 0 Å². The molecule has 0 bridgehead atoms. The molecule has 142 valence electrons. The molecule has 1 heterocycles. The van der Waals surface area contributed by atoms with Gasteiger partial charge < -0.3 is 24.8 Å². The molecule has 27 heavy (non-hydrogen) atoms. The van der Waals surface area contributed by atoms with Gasteiger partial charge in [-0.3, -0.25) is 9.59 Å². The van der Waals surface area contributed by atoms with Gasteiger partial charge in [0.2, 0.25) is 5.91 Å². The lowest BCUT2D eigenvalue weighted by Gasteiger charge is -2.35. The maximum atomic E-state index is 12.3. The Labute approximate surface area is 157 Å². The summed E-state index contributed by atoms with van der Waals surface area (Å²) in [5, 5.41) is 13.4. The summed E-state index contributed by atoms with van der Waals surface area (Å²) in [7, 11) is 3.22. The van der Waals surface area contributed by atoms with E-state index in [1.165, 1.54) is 4.90 Å². The smallest absolute Gasteiger partial charge is 0.255 e. The van der Waals surface area contributed by atoms with E-state index in [0.29, 0.717) is 22.6 Å². The zero-order chi connectivity index (χ0) is 19.4. The number of benzene rings is 2. The molecule has 7 heteroatoms. The Morgan fingerprint density at radius 1 is 1.22 bits per heavy atom. The van der Waals surface area contributed by atoms with E-state index < -0.39 is 12.1 Å². The number of carbonyl (C=O) groups excluding carboxylic acids is 2. The van der Waals surface area contributed by atoms with Crippen LogP contribution >= 0.6 is 0 Å². The number of morpholine rings is 1. The summed E-state index contributed by atoms with van der Waals surface area (Å²) in [6.07, 6.45) is -0.870. The van der Waals surface area contributed by atoms with Crippen molar-refractivity contribution in [3.05, 3.63) is 59.7 Å². The molecule has 2 atom stereocenters. The van der Waals surface area contributed by atoms with E-state index in [1.807, 2.05) is 0 Å². The van der Waals surface area contributed by atoms with Crippen LogP contribution in [-0.2, 0) is 9.53 Å². The normalized spacial score (nSPS) is 18.1. The number of rotatable bonds is 5. The van der Waals surface area contributed by atoms with Gasteiger partial charge in [0, 0.05) is 18.3 Å². The van der Waals surface area contributed by atoms with Crippen LogP contribution in [0.1, 0.15) is 22.0 Å². The topological polar surface area (TPSA) is 88.1 Å². The van der Waals surface area contributed by atoms with Gasteiger partial charge in [0.05, 0.1) is 19.8 Å². The molecule has 0 saturated carbocycles. The first-order chi connectivity index (χ1) is 13.0. The monoisotopic (exact) mass is 370 g/mol. The fourth-order valence-corrected chi connectivity index (χ4v) is 2.90. The third-order valence-corrected chi connectivity index (χ3v) is 4.63. The summed E-state index contributed by atoms with van der Waals surface area (Å²) in [4.78, 5) is 25.5. The van der Waals surface area contributed by atoms with Crippen LogP contribution in [0.4, 0.5) is 5.69 Å². The predicted octanol–water partition coefficient (Wildman–Crippen LogP) is 1.84. The van der Waals surface area contributed by atoms with Crippen LogP contribution in [0.5, 0.6) is 5.75 Å². The SMILES string of the molecule is COc1ccc(C(=O)Nc2ccc(C(O)[C@H]3COCC(=O)N3C)cc2)cc1. The molecule has 2 aromatic carbocycles. The van der Waals surface area contributed by atoms with Crippen molar-refractivity contribution in [2.45, 2.75) is 12.1 Å². The number of aliphatic hydroxyl groups is 1. The lowest BCUT2D eigenvalue weighted by Crippen LogP contribution is -2.49. The van der Waals surface area contributed by atoms with Crippen molar-refractivity contribution >= 4 is 17.5 Å². The van der Waals surface area contributed by atoms with Crippen LogP contribution < -0.4 is 10.1 Å². The molecule has 2 amide bonds. The van der Waals surface area contributed by atoms with E-state index in [-0.39, 0.29) is 25.0 Å². The van der Waals surface area contributed by atoms with E-state index in [9.17, 15) is 14.7 Å². The van der Waals surface area contributed by atoms with E-state index in [4.69, 9.17) is 9.47 Å². The molecule has 3 rings (SSSR count). The number of likely N-dealkylation sites (N-methyl/N-ethyl adjacent to an activating group) is 1. The number of nitrogens with zero attached hydrogens (tertiary/aromatic N) is 1. The highest BCUT2D eigenvalue weighted by molar-refractivity contribution is 6.04. The summed E-state index contributed by atoms with van der Waals surface area (Å²) < 4.78 is 10.3. The molecular formula is C20H22N2O5. The standard InChI is InChI=1S/C20H22N2O5/c1-22-17(11-27-12-18(22)23)19(24)13-3-7-15(8-4-13)21-20(25)14-5-9-16(26-2)10-6-14/h3-10,17,19,24H,11-12H2,1-2H3,(H,21,25)/t17-,19?/m1/s1. The number of hydrogen-bond donors (Lipinski definition) is 2. The molecule has 1 fully saturated rings. The summed E-state index contributed by atoms with van der Waals surface area (Å²) >= 11 is 0. The van der Waals surface area contributed by atoms with Gasteiger partial charge in [-0.2, -0.15) is 0 Å². The van der Waals surface area contributed by atoms with Crippen molar-refractivity contribution in [1.82, 2.24) is 4.90 Å². The maximum absolute atomic E-state index is 12.3. The number of methoxy groups -OCH3 is 1. The Hall–Kier alpha value is -2.90. The lowest BCUT2D eigenvalue weighted by molar-refractivity contribution is -0.151. The summed E-state index contributed by atoms with van der Waals surface area (Å²) in [5.41, 5.74) is 1.77. The third-order valence-electron chi connectivity index (χ3n) is 4.63. The molecule has 1 unspecified atom stereocenters. The second kappa shape index (κ2) is 8.20. The summed E-state index contributed by atoms with van der Waals surface area (Å²) in [6, 6.07) is 13.2. The average molecular weight is 370 g/mol. The molecule has 1 aliphatic rings. The van der Waals surface area contributed by atoms with Crippen molar-refractivity contribution in [3.8, 4) is 5.75 Å². The zero-order valence-electron chi connectivity index (χ0n) is 15.2.